The van der Waals surface area contributed by atoms with E-state index in [1.807, 2.05) is 0 Å². The highest BCUT2D eigenvalue weighted by atomic mass is 79.9. The molecule has 1 aromatic carbocycles. The molecule has 0 aliphatic rings. The highest BCUT2D eigenvalue weighted by Gasteiger charge is 2.27. The Labute approximate surface area is 162 Å². The molecule has 11 heteroatoms. The molecule has 0 aliphatic heterocycles. The molecule has 0 saturated carbocycles. The van der Waals surface area contributed by atoms with Crippen molar-refractivity contribution < 1.29 is 13.2 Å². The van der Waals surface area contributed by atoms with Gasteiger partial charge in [-0.25, -0.2) is 13.2 Å². The van der Waals surface area contributed by atoms with E-state index in [9.17, 15) is 18.0 Å². The molecule has 144 valence electrons. The maximum atomic E-state index is 13.0. The van der Waals surface area contributed by atoms with Crippen LogP contribution in [0, 0.1) is 0 Å². The van der Waals surface area contributed by atoms with Crippen molar-refractivity contribution in [1.29, 1.82) is 0 Å². The van der Waals surface area contributed by atoms with Crippen molar-refractivity contribution >= 4 is 36.9 Å². The SMILES string of the molecule is COc1cc(Br)ccc1CS(=O)(=O)c1nc2c(c(=O)n(C)c(=O)n2C)n1C. The Morgan fingerprint density at radius 3 is 2.41 bits per heavy atom. The summed E-state index contributed by atoms with van der Waals surface area (Å²) in [4.78, 5) is 28.6. The Morgan fingerprint density at radius 1 is 1.11 bits per heavy atom. The van der Waals surface area contributed by atoms with Crippen molar-refractivity contribution in [2.45, 2.75) is 10.9 Å². The van der Waals surface area contributed by atoms with Gasteiger partial charge in [-0.3, -0.25) is 13.9 Å². The summed E-state index contributed by atoms with van der Waals surface area (Å²) in [5, 5.41) is -0.291. The van der Waals surface area contributed by atoms with E-state index in [2.05, 4.69) is 20.9 Å². The van der Waals surface area contributed by atoms with Crippen LogP contribution in [0.4, 0.5) is 0 Å². The third-order valence-electron chi connectivity index (χ3n) is 4.31. The summed E-state index contributed by atoms with van der Waals surface area (Å²) in [6, 6.07) is 5.01. The van der Waals surface area contributed by atoms with Crippen molar-refractivity contribution in [3.63, 3.8) is 0 Å². The molecule has 0 unspecified atom stereocenters. The first kappa shape index (κ1) is 19.4. The number of benzene rings is 1. The van der Waals surface area contributed by atoms with Gasteiger partial charge in [-0.1, -0.05) is 22.0 Å². The van der Waals surface area contributed by atoms with Crippen LogP contribution in [0.1, 0.15) is 5.56 Å². The summed E-state index contributed by atoms with van der Waals surface area (Å²) in [5.41, 5.74) is -0.669. The lowest BCUT2D eigenvalue weighted by Crippen LogP contribution is -2.37. The first-order valence-electron chi connectivity index (χ1n) is 7.76. The number of rotatable bonds is 4. The van der Waals surface area contributed by atoms with Crippen molar-refractivity contribution in [3.8, 4) is 5.75 Å². The Morgan fingerprint density at radius 2 is 1.78 bits per heavy atom. The molecule has 2 heterocycles. The molecule has 0 radical (unpaired) electrons. The summed E-state index contributed by atoms with van der Waals surface area (Å²) < 4.78 is 35.2. The van der Waals surface area contributed by atoms with Gasteiger partial charge >= 0.3 is 5.69 Å². The monoisotopic (exact) mass is 456 g/mol. The number of halogens is 1. The number of hydrogen-bond acceptors (Lipinski definition) is 6. The molecule has 0 N–H and O–H groups in total. The van der Waals surface area contributed by atoms with Gasteiger partial charge in [0.05, 0.1) is 12.9 Å². The minimum atomic E-state index is -3.92. The van der Waals surface area contributed by atoms with E-state index in [0.717, 1.165) is 13.6 Å². The summed E-state index contributed by atoms with van der Waals surface area (Å²) in [7, 11) is 1.74. The largest absolute Gasteiger partial charge is 0.496 e. The second-order valence-electron chi connectivity index (χ2n) is 6.05. The highest BCUT2D eigenvalue weighted by Crippen LogP contribution is 2.27. The van der Waals surface area contributed by atoms with Crippen LogP contribution in [0.15, 0.2) is 37.4 Å². The topological polar surface area (TPSA) is 105 Å². The normalized spacial score (nSPS) is 11.9. The first-order chi connectivity index (χ1) is 12.6. The van der Waals surface area contributed by atoms with E-state index in [1.165, 1.54) is 32.8 Å². The van der Waals surface area contributed by atoms with Gasteiger partial charge in [0, 0.05) is 31.2 Å². The lowest BCUT2D eigenvalue weighted by Gasteiger charge is -2.09. The molecule has 27 heavy (non-hydrogen) atoms. The van der Waals surface area contributed by atoms with Crippen molar-refractivity contribution in [3.05, 3.63) is 49.1 Å². The number of imidazole rings is 1. The fourth-order valence-corrected chi connectivity index (χ4v) is 4.73. The smallest absolute Gasteiger partial charge is 0.332 e. The highest BCUT2D eigenvalue weighted by molar-refractivity contribution is 9.10. The third kappa shape index (κ3) is 3.10. The average Bonchev–Trinajstić information content (AvgIpc) is 2.97. The number of aryl methyl sites for hydroxylation is 2. The molecular weight excluding hydrogens is 440 g/mol. The van der Waals surface area contributed by atoms with E-state index in [4.69, 9.17) is 4.74 Å². The lowest BCUT2D eigenvalue weighted by molar-refractivity contribution is 0.410. The minimum Gasteiger partial charge on any atom is -0.496 e. The van der Waals surface area contributed by atoms with Gasteiger partial charge in [-0.05, 0) is 12.1 Å². The Balaban J connectivity index is 2.22. The maximum absolute atomic E-state index is 13.0. The zero-order valence-electron chi connectivity index (χ0n) is 15.1. The fourth-order valence-electron chi connectivity index (χ4n) is 2.88. The molecule has 0 bridgehead atoms. The number of aromatic nitrogens is 4. The van der Waals surface area contributed by atoms with E-state index >= 15 is 0 Å². The second kappa shape index (κ2) is 6.64. The lowest BCUT2D eigenvalue weighted by atomic mass is 10.2. The Kier molecular flexibility index (Phi) is 4.76. The minimum absolute atomic E-state index is 0.0203. The number of sulfone groups is 1. The predicted molar refractivity (Wildman–Crippen MR) is 103 cm³/mol. The van der Waals surface area contributed by atoms with Crippen molar-refractivity contribution in [1.82, 2.24) is 18.7 Å². The number of ether oxygens (including phenoxy) is 1. The van der Waals surface area contributed by atoms with Gasteiger partial charge in [-0.2, -0.15) is 4.98 Å². The molecule has 0 spiro atoms. The van der Waals surface area contributed by atoms with Crippen LogP contribution in [0.3, 0.4) is 0 Å². The summed E-state index contributed by atoms with van der Waals surface area (Å²) in [6.07, 6.45) is 0. The molecule has 3 rings (SSSR count). The standard InChI is InChI=1S/C16H17BrN4O5S/c1-19-12-13(20(2)16(23)21(3)14(12)22)18-15(19)27(24,25)8-9-5-6-10(17)7-11(9)26-4/h5-7H,8H2,1-4H3. The van der Waals surface area contributed by atoms with Gasteiger partial charge in [0.2, 0.25) is 15.0 Å². The molecule has 0 atom stereocenters. The van der Waals surface area contributed by atoms with Crippen LogP contribution in [0.5, 0.6) is 5.75 Å². The molecule has 2 aromatic heterocycles. The number of fused-ring (bicyclic) bond motifs is 1. The van der Waals surface area contributed by atoms with Crippen LogP contribution >= 0.6 is 15.9 Å². The van der Waals surface area contributed by atoms with E-state index < -0.39 is 21.1 Å². The molecule has 0 amide bonds. The van der Waals surface area contributed by atoms with E-state index in [-0.39, 0.29) is 22.1 Å². The summed E-state index contributed by atoms with van der Waals surface area (Å²) >= 11 is 3.31. The summed E-state index contributed by atoms with van der Waals surface area (Å²) in [5.74, 6) is 0.0459. The molecule has 9 nitrogen and oxygen atoms in total. The quantitative estimate of drug-likeness (QED) is 0.572. The Bertz CT molecular complexity index is 1290. The molecule has 0 aliphatic carbocycles. The van der Waals surface area contributed by atoms with Crippen LogP contribution in [0.25, 0.3) is 11.2 Å². The number of hydrogen-bond donors (Lipinski definition) is 0. The first-order valence-corrected chi connectivity index (χ1v) is 10.2. The van der Waals surface area contributed by atoms with Crippen LogP contribution in [-0.2, 0) is 36.7 Å². The molecule has 0 fully saturated rings. The second-order valence-corrected chi connectivity index (χ2v) is 8.85. The van der Waals surface area contributed by atoms with Gasteiger partial charge in [0.15, 0.2) is 11.2 Å². The van der Waals surface area contributed by atoms with Gasteiger partial charge in [0.1, 0.15) is 5.75 Å². The molecule has 3 aromatic rings. The van der Waals surface area contributed by atoms with Crippen molar-refractivity contribution in [2.75, 3.05) is 7.11 Å². The van der Waals surface area contributed by atoms with Gasteiger partial charge < -0.3 is 9.30 Å². The zero-order valence-corrected chi connectivity index (χ0v) is 17.5. The van der Waals surface area contributed by atoms with Gasteiger partial charge in [0.25, 0.3) is 5.56 Å². The van der Waals surface area contributed by atoms with E-state index in [0.29, 0.717) is 11.3 Å². The third-order valence-corrected chi connectivity index (χ3v) is 6.41. The van der Waals surface area contributed by atoms with E-state index in [1.54, 1.807) is 18.2 Å². The number of methoxy groups -OCH3 is 1. The molecular formula is C16H17BrN4O5S. The number of nitrogens with zero attached hydrogens (tertiary/aromatic N) is 4. The van der Waals surface area contributed by atoms with Crippen LogP contribution in [-0.4, -0.2) is 34.2 Å². The Hall–Kier alpha value is -2.40. The maximum Gasteiger partial charge on any atom is 0.332 e. The fraction of sp³-hybridized carbons (Fsp3) is 0.312. The van der Waals surface area contributed by atoms with Crippen LogP contribution < -0.4 is 16.0 Å². The zero-order chi connectivity index (χ0) is 20.1. The van der Waals surface area contributed by atoms with Gasteiger partial charge in [-0.15, -0.1) is 0 Å². The van der Waals surface area contributed by atoms with Crippen molar-refractivity contribution in [2.24, 2.45) is 21.1 Å². The average molecular weight is 457 g/mol. The molecule has 0 saturated heterocycles. The predicted octanol–water partition coefficient (Wildman–Crippen LogP) is 0.716. The summed E-state index contributed by atoms with van der Waals surface area (Å²) in [6.45, 7) is 0. The van der Waals surface area contributed by atoms with Crippen LogP contribution in [0.2, 0.25) is 0 Å².